The van der Waals surface area contributed by atoms with Gasteiger partial charge in [0, 0.05) is 5.56 Å². The van der Waals surface area contributed by atoms with Crippen LogP contribution in [-0.2, 0) is 4.74 Å². The van der Waals surface area contributed by atoms with E-state index in [4.69, 9.17) is 4.74 Å². The molecule has 1 aliphatic rings. The number of quaternary nitrogens is 1. The highest BCUT2D eigenvalue weighted by Gasteiger charge is 2.28. The lowest BCUT2D eigenvalue weighted by molar-refractivity contribution is -0.937. The smallest absolute Gasteiger partial charge is 0.257 e. The van der Waals surface area contributed by atoms with E-state index in [-0.39, 0.29) is 18.4 Å². The van der Waals surface area contributed by atoms with E-state index >= 15 is 0 Å². The van der Waals surface area contributed by atoms with Crippen LogP contribution in [0.25, 0.3) is 0 Å². The van der Waals surface area contributed by atoms with Crippen molar-refractivity contribution in [2.75, 3.05) is 32.8 Å². The second-order valence-electron chi connectivity index (χ2n) is 6.18. The molecule has 0 aromatic heterocycles. The predicted molar refractivity (Wildman–Crippen MR) is 89.3 cm³/mol. The molecule has 7 heteroatoms. The van der Waals surface area contributed by atoms with E-state index in [1.165, 1.54) is 18.2 Å². The van der Waals surface area contributed by atoms with Crippen molar-refractivity contribution in [2.24, 2.45) is 0 Å². The fraction of sp³-hybridized carbons (Fsp3) is 0.316. The van der Waals surface area contributed by atoms with Crippen LogP contribution in [0.2, 0.25) is 0 Å². The van der Waals surface area contributed by atoms with Gasteiger partial charge in [-0.05, 0) is 24.3 Å². The Balaban J connectivity index is 1.77. The van der Waals surface area contributed by atoms with E-state index in [0.29, 0.717) is 13.2 Å². The van der Waals surface area contributed by atoms with Crippen LogP contribution in [-0.4, -0.2) is 38.8 Å². The number of carbonyl (C=O) groups is 1. The van der Waals surface area contributed by atoms with Crippen LogP contribution in [0.4, 0.5) is 13.2 Å². The molecule has 0 saturated carbocycles. The molecule has 2 aromatic carbocycles. The minimum absolute atomic E-state index is 0.168. The Morgan fingerprint density at radius 2 is 1.65 bits per heavy atom. The Morgan fingerprint density at radius 1 is 1.04 bits per heavy atom. The summed E-state index contributed by atoms with van der Waals surface area (Å²) in [4.78, 5) is 13.4. The summed E-state index contributed by atoms with van der Waals surface area (Å²) in [5, 5.41) is 2.62. The number of amides is 1. The Bertz CT molecular complexity index is 742. The van der Waals surface area contributed by atoms with Crippen molar-refractivity contribution in [3.8, 4) is 0 Å². The first-order valence-electron chi connectivity index (χ1n) is 8.46. The first kappa shape index (κ1) is 18.4. The first-order valence-corrected chi connectivity index (χ1v) is 8.46. The van der Waals surface area contributed by atoms with E-state index in [0.717, 1.165) is 35.7 Å². The highest BCUT2D eigenvalue weighted by molar-refractivity contribution is 5.94. The zero-order valence-electron chi connectivity index (χ0n) is 14.1. The molecule has 1 atom stereocenters. The molecule has 0 spiro atoms. The number of ether oxygens (including phenoxy) is 1. The van der Waals surface area contributed by atoms with Crippen LogP contribution in [0.3, 0.4) is 0 Å². The monoisotopic (exact) mass is 365 g/mol. The van der Waals surface area contributed by atoms with Crippen molar-refractivity contribution in [1.29, 1.82) is 0 Å². The fourth-order valence-electron chi connectivity index (χ4n) is 3.17. The third-order valence-corrected chi connectivity index (χ3v) is 4.56. The second kappa shape index (κ2) is 8.33. The molecule has 26 heavy (non-hydrogen) atoms. The van der Waals surface area contributed by atoms with Crippen LogP contribution in [0.15, 0.2) is 42.5 Å². The number of morpholine rings is 1. The molecule has 2 aromatic rings. The molecule has 0 radical (unpaired) electrons. The van der Waals surface area contributed by atoms with E-state index in [2.05, 4.69) is 5.32 Å². The van der Waals surface area contributed by atoms with E-state index < -0.39 is 23.1 Å². The summed E-state index contributed by atoms with van der Waals surface area (Å²) in [5.74, 6) is -2.96. The SMILES string of the molecule is O=C(NC[C@H](c1ccc(F)cc1)[NH+]1CCOCC1)c1c(F)cccc1F. The molecule has 1 amide bonds. The average molecular weight is 365 g/mol. The molecule has 1 saturated heterocycles. The number of nitrogens with one attached hydrogen (secondary N) is 2. The van der Waals surface area contributed by atoms with Gasteiger partial charge in [0.2, 0.25) is 0 Å². The lowest BCUT2D eigenvalue weighted by Crippen LogP contribution is -3.15. The molecule has 0 unspecified atom stereocenters. The van der Waals surface area contributed by atoms with Crippen molar-refractivity contribution >= 4 is 5.91 Å². The Labute approximate surface area is 149 Å². The summed E-state index contributed by atoms with van der Waals surface area (Å²) in [6.45, 7) is 2.80. The van der Waals surface area contributed by atoms with Gasteiger partial charge in [-0.3, -0.25) is 4.79 Å². The second-order valence-corrected chi connectivity index (χ2v) is 6.18. The molecule has 1 fully saturated rings. The summed E-state index contributed by atoms with van der Waals surface area (Å²) in [7, 11) is 0. The van der Waals surface area contributed by atoms with E-state index in [9.17, 15) is 18.0 Å². The maximum Gasteiger partial charge on any atom is 0.257 e. The lowest BCUT2D eigenvalue weighted by atomic mass is 10.0. The number of hydrogen-bond donors (Lipinski definition) is 2. The van der Waals surface area contributed by atoms with Gasteiger partial charge in [0.25, 0.3) is 5.91 Å². The van der Waals surface area contributed by atoms with E-state index in [1.807, 2.05) is 0 Å². The van der Waals surface area contributed by atoms with Crippen LogP contribution in [0.1, 0.15) is 22.0 Å². The first-order chi connectivity index (χ1) is 12.6. The quantitative estimate of drug-likeness (QED) is 0.843. The summed E-state index contributed by atoms with van der Waals surface area (Å²) in [6.07, 6.45) is 0. The molecular weight excluding hydrogens is 345 g/mol. The van der Waals surface area contributed by atoms with Gasteiger partial charge in [-0.2, -0.15) is 0 Å². The summed E-state index contributed by atoms with van der Waals surface area (Å²) in [6, 6.07) is 9.18. The Hall–Kier alpha value is -2.38. The molecule has 2 N–H and O–H groups in total. The van der Waals surface area contributed by atoms with Crippen LogP contribution in [0, 0.1) is 17.5 Å². The maximum absolute atomic E-state index is 13.8. The van der Waals surface area contributed by atoms with Crippen molar-refractivity contribution in [3.05, 3.63) is 71.0 Å². The molecule has 4 nitrogen and oxygen atoms in total. The van der Waals surface area contributed by atoms with Crippen molar-refractivity contribution in [2.45, 2.75) is 6.04 Å². The van der Waals surface area contributed by atoms with Crippen molar-refractivity contribution in [3.63, 3.8) is 0 Å². The fourth-order valence-corrected chi connectivity index (χ4v) is 3.17. The molecule has 0 aliphatic carbocycles. The average Bonchev–Trinajstić information content (AvgIpc) is 2.64. The van der Waals surface area contributed by atoms with Gasteiger partial charge in [0.15, 0.2) is 0 Å². The Morgan fingerprint density at radius 3 is 2.27 bits per heavy atom. The van der Waals surface area contributed by atoms with Gasteiger partial charge in [-0.15, -0.1) is 0 Å². The highest BCUT2D eigenvalue weighted by Crippen LogP contribution is 2.14. The number of benzene rings is 2. The molecule has 1 aliphatic heterocycles. The van der Waals surface area contributed by atoms with Gasteiger partial charge < -0.3 is 15.0 Å². The number of carbonyl (C=O) groups excluding carboxylic acids is 1. The zero-order chi connectivity index (χ0) is 18.5. The zero-order valence-corrected chi connectivity index (χ0v) is 14.1. The van der Waals surface area contributed by atoms with Crippen LogP contribution in [0.5, 0.6) is 0 Å². The molecule has 138 valence electrons. The normalized spacial score (nSPS) is 16.3. The Kier molecular flexibility index (Phi) is 5.90. The third kappa shape index (κ3) is 4.23. The van der Waals surface area contributed by atoms with Gasteiger partial charge in [-0.1, -0.05) is 18.2 Å². The predicted octanol–water partition coefficient (Wildman–Crippen LogP) is 1.49. The number of halogens is 3. The molecular formula is C19H20F3N2O2+. The van der Waals surface area contributed by atoms with Crippen LogP contribution >= 0.6 is 0 Å². The highest BCUT2D eigenvalue weighted by atomic mass is 19.1. The largest absolute Gasteiger partial charge is 0.370 e. The number of rotatable bonds is 5. The van der Waals surface area contributed by atoms with Gasteiger partial charge in [0.05, 0.1) is 19.8 Å². The third-order valence-electron chi connectivity index (χ3n) is 4.56. The standard InChI is InChI=1S/C19H19F3N2O2/c20-14-6-4-13(5-7-14)17(24-8-10-26-11-9-24)12-23-19(25)18-15(21)2-1-3-16(18)22/h1-7,17H,8-12H2,(H,23,25)/p+1/t17-/m1/s1. The molecule has 3 rings (SSSR count). The summed E-state index contributed by atoms with van der Waals surface area (Å²) in [5.41, 5.74) is 0.250. The number of hydrogen-bond acceptors (Lipinski definition) is 2. The van der Waals surface area contributed by atoms with E-state index in [1.54, 1.807) is 12.1 Å². The van der Waals surface area contributed by atoms with Crippen LogP contribution < -0.4 is 10.2 Å². The van der Waals surface area contributed by atoms with Gasteiger partial charge in [0.1, 0.15) is 42.1 Å². The molecule has 0 bridgehead atoms. The van der Waals surface area contributed by atoms with Crippen molar-refractivity contribution in [1.82, 2.24) is 5.32 Å². The summed E-state index contributed by atoms with van der Waals surface area (Å²) >= 11 is 0. The van der Waals surface area contributed by atoms with Gasteiger partial charge in [-0.25, -0.2) is 13.2 Å². The molecule has 1 heterocycles. The lowest BCUT2D eigenvalue weighted by Gasteiger charge is -2.32. The van der Waals surface area contributed by atoms with Crippen molar-refractivity contribution < 1.29 is 27.6 Å². The topological polar surface area (TPSA) is 42.8 Å². The summed E-state index contributed by atoms with van der Waals surface area (Å²) < 4.78 is 46.2. The van der Waals surface area contributed by atoms with Gasteiger partial charge >= 0.3 is 0 Å². The minimum atomic E-state index is -0.903. The minimum Gasteiger partial charge on any atom is -0.370 e. The maximum atomic E-state index is 13.8.